The van der Waals surface area contributed by atoms with E-state index < -0.39 is 5.63 Å². The molecule has 28 heavy (non-hydrogen) atoms. The maximum absolute atomic E-state index is 12.5. The van der Waals surface area contributed by atoms with Gasteiger partial charge in [-0.15, -0.1) is 0 Å². The molecule has 0 atom stereocenters. The van der Waals surface area contributed by atoms with E-state index in [0.29, 0.717) is 17.7 Å². The van der Waals surface area contributed by atoms with Crippen molar-refractivity contribution in [1.29, 1.82) is 0 Å². The fourth-order valence-electron chi connectivity index (χ4n) is 3.16. The molecule has 0 bridgehead atoms. The van der Waals surface area contributed by atoms with Crippen LogP contribution in [0, 0.1) is 6.92 Å². The summed E-state index contributed by atoms with van der Waals surface area (Å²) in [6.45, 7) is 9.34. The summed E-state index contributed by atoms with van der Waals surface area (Å²) in [5, 5.41) is 3.70. The van der Waals surface area contributed by atoms with Gasteiger partial charge in [-0.3, -0.25) is 4.79 Å². The molecule has 1 heterocycles. The number of nitrogens with zero attached hydrogens (tertiary/aromatic N) is 2. The minimum Gasteiger partial charge on any atom is -0.422 e. The molecule has 2 rings (SSSR count). The number of amides is 1. The summed E-state index contributed by atoms with van der Waals surface area (Å²) >= 11 is 0. The Bertz CT molecular complexity index is 896. The SMILES string of the molecule is CCN(CC)c1ccc2c(C)c(/C=C/C(=O)NCCCN(C)C)c(=O)oc2c1. The van der Waals surface area contributed by atoms with Crippen LogP contribution in [0.3, 0.4) is 0 Å². The predicted molar refractivity (Wildman–Crippen MR) is 116 cm³/mol. The third-order valence-corrected chi connectivity index (χ3v) is 4.81. The first-order valence-corrected chi connectivity index (χ1v) is 9.80. The van der Waals surface area contributed by atoms with Crippen molar-refractivity contribution < 1.29 is 9.21 Å². The molecule has 0 unspecified atom stereocenters. The van der Waals surface area contributed by atoms with Crippen molar-refractivity contribution >= 4 is 28.6 Å². The molecule has 0 radical (unpaired) electrons. The zero-order chi connectivity index (χ0) is 20.7. The van der Waals surface area contributed by atoms with E-state index in [0.717, 1.165) is 42.7 Å². The first-order valence-electron chi connectivity index (χ1n) is 9.80. The van der Waals surface area contributed by atoms with Crippen LogP contribution in [0.1, 0.15) is 31.4 Å². The van der Waals surface area contributed by atoms with Crippen molar-refractivity contribution in [2.24, 2.45) is 0 Å². The van der Waals surface area contributed by atoms with E-state index in [1.54, 1.807) is 6.08 Å². The molecule has 152 valence electrons. The Morgan fingerprint density at radius 2 is 1.93 bits per heavy atom. The number of hydrogen-bond acceptors (Lipinski definition) is 5. The highest BCUT2D eigenvalue weighted by Crippen LogP contribution is 2.25. The topological polar surface area (TPSA) is 65.8 Å². The Balaban J connectivity index is 2.20. The van der Waals surface area contributed by atoms with Crippen LogP contribution >= 0.6 is 0 Å². The van der Waals surface area contributed by atoms with Crippen molar-refractivity contribution in [3.63, 3.8) is 0 Å². The second-order valence-corrected chi connectivity index (χ2v) is 7.06. The molecular weight excluding hydrogens is 354 g/mol. The summed E-state index contributed by atoms with van der Waals surface area (Å²) in [5.41, 5.74) is 2.39. The molecule has 0 fully saturated rings. The number of carbonyl (C=O) groups excluding carboxylic acids is 1. The molecule has 0 aliphatic carbocycles. The highest BCUT2D eigenvalue weighted by Gasteiger charge is 2.11. The summed E-state index contributed by atoms with van der Waals surface area (Å²) in [7, 11) is 3.99. The van der Waals surface area contributed by atoms with Gasteiger partial charge in [0.25, 0.3) is 0 Å². The van der Waals surface area contributed by atoms with Crippen molar-refractivity contribution in [1.82, 2.24) is 10.2 Å². The normalized spacial score (nSPS) is 11.5. The average Bonchev–Trinajstić information content (AvgIpc) is 2.65. The van der Waals surface area contributed by atoms with E-state index >= 15 is 0 Å². The van der Waals surface area contributed by atoms with Crippen molar-refractivity contribution in [3.05, 3.63) is 45.8 Å². The average molecular weight is 386 g/mol. The Morgan fingerprint density at radius 1 is 1.21 bits per heavy atom. The number of nitrogens with one attached hydrogen (secondary N) is 1. The molecule has 2 aromatic rings. The maximum Gasteiger partial charge on any atom is 0.343 e. The molecule has 0 aliphatic rings. The van der Waals surface area contributed by atoms with Crippen LogP contribution in [-0.2, 0) is 4.79 Å². The largest absolute Gasteiger partial charge is 0.422 e. The van der Waals surface area contributed by atoms with Gasteiger partial charge in [0, 0.05) is 42.9 Å². The zero-order valence-electron chi connectivity index (χ0n) is 17.5. The molecule has 0 aliphatic heterocycles. The van der Waals surface area contributed by atoms with Gasteiger partial charge in [0.05, 0.1) is 5.56 Å². The number of hydrogen-bond donors (Lipinski definition) is 1. The Hall–Kier alpha value is -2.60. The predicted octanol–water partition coefficient (Wildman–Crippen LogP) is 3.03. The van der Waals surface area contributed by atoms with Gasteiger partial charge < -0.3 is 19.5 Å². The molecule has 0 saturated heterocycles. The number of rotatable bonds is 9. The summed E-state index contributed by atoms with van der Waals surface area (Å²) in [6, 6.07) is 5.91. The highest BCUT2D eigenvalue weighted by atomic mass is 16.4. The zero-order valence-corrected chi connectivity index (χ0v) is 17.5. The molecule has 1 aromatic heterocycles. The number of carbonyl (C=O) groups is 1. The second-order valence-electron chi connectivity index (χ2n) is 7.06. The van der Waals surface area contributed by atoms with Gasteiger partial charge in [-0.25, -0.2) is 4.79 Å². The van der Waals surface area contributed by atoms with Crippen molar-refractivity contribution in [2.75, 3.05) is 45.2 Å². The molecule has 0 spiro atoms. The van der Waals surface area contributed by atoms with Crippen molar-refractivity contribution in [2.45, 2.75) is 27.2 Å². The molecular formula is C22H31N3O3. The van der Waals surface area contributed by atoms with E-state index in [1.165, 1.54) is 6.08 Å². The fourth-order valence-corrected chi connectivity index (χ4v) is 3.16. The van der Waals surface area contributed by atoms with Gasteiger partial charge in [0.15, 0.2) is 0 Å². The lowest BCUT2D eigenvalue weighted by Crippen LogP contribution is -2.25. The maximum atomic E-state index is 12.5. The van der Waals surface area contributed by atoms with Crippen LogP contribution < -0.4 is 15.8 Å². The Morgan fingerprint density at radius 3 is 2.57 bits per heavy atom. The van der Waals surface area contributed by atoms with Gasteiger partial charge in [0.2, 0.25) is 5.91 Å². The van der Waals surface area contributed by atoms with Gasteiger partial charge in [-0.2, -0.15) is 0 Å². The van der Waals surface area contributed by atoms with Crippen LogP contribution in [-0.4, -0.2) is 51.1 Å². The third kappa shape index (κ3) is 5.45. The lowest BCUT2D eigenvalue weighted by molar-refractivity contribution is -0.116. The van der Waals surface area contributed by atoms with E-state index in [-0.39, 0.29) is 5.91 Å². The van der Waals surface area contributed by atoms with Crippen LogP contribution in [0.5, 0.6) is 0 Å². The van der Waals surface area contributed by atoms with Crippen molar-refractivity contribution in [3.8, 4) is 0 Å². The number of fused-ring (bicyclic) bond motifs is 1. The molecule has 0 saturated carbocycles. The fraction of sp³-hybridized carbons (Fsp3) is 0.455. The smallest absolute Gasteiger partial charge is 0.343 e. The first kappa shape index (κ1) is 21.7. The molecule has 6 heteroatoms. The van der Waals surface area contributed by atoms with Crippen LogP contribution in [0.2, 0.25) is 0 Å². The molecule has 1 aromatic carbocycles. The monoisotopic (exact) mass is 385 g/mol. The van der Waals surface area contributed by atoms with Gasteiger partial charge >= 0.3 is 5.63 Å². The van der Waals surface area contributed by atoms with E-state index in [4.69, 9.17) is 4.42 Å². The molecule has 1 amide bonds. The van der Waals surface area contributed by atoms with Gasteiger partial charge in [0.1, 0.15) is 5.58 Å². The third-order valence-electron chi connectivity index (χ3n) is 4.81. The van der Waals surface area contributed by atoms with Crippen LogP contribution in [0.4, 0.5) is 5.69 Å². The summed E-state index contributed by atoms with van der Waals surface area (Å²) < 4.78 is 5.54. The molecule has 1 N–H and O–H groups in total. The van der Waals surface area contributed by atoms with Crippen LogP contribution in [0.25, 0.3) is 17.0 Å². The number of anilines is 1. The van der Waals surface area contributed by atoms with Gasteiger partial charge in [-0.05, 0) is 71.6 Å². The summed E-state index contributed by atoms with van der Waals surface area (Å²) in [5.74, 6) is -0.213. The summed E-state index contributed by atoms with van der Waals surface area (Å²) in [4.78, 5) is 28.7. The van der Waals surface area contributed by atoms with E-state index in [2.05, 4.69) is 29.0 Å². The van der Waals surface area contributed by atoms with E-state index in [1.807, 2.05) is 39.2 Å². The Kier molecular flexibility index (Phi) is 7.81. The Labute approximate surface area is 166 Å². The van der Waals surface area contributed by atoms with Crippen LogP contribution in [0.15, 0.2) is 33.5 Å². The number of benzene rings is 1. The molecule has 6 nitrogen and oxygen atoms in total. The second kappa shape index (κ2) is 10.1. The van der Waals surface area contributed by atoms with E-state index in [9.17, 15) is 9.59 Å². The number of aryl methyl sites for hydroxylation is 1. The lowest BCUT2D eigenvalue weighted by Gasteiger charge is -2.21. The lowest BCUT2D eigenvalue weighted by atomic mass is 10.0. The minimum atomic E-state index is -0.432. The quantitative estimate of drug-likeness (QED) is 0.408. The first-order chi connectivity index (χ1) is 13.4. The standard InChI is InChI=1S/C22H31N3O3/c1-6-25(7-2)17-9-10-18-16(3)19(22(27)28-20(18)15-17)11-12-21(26)23-13-8-14-24(4)5/h9-12,15H,6-8,13-14H2,1-5H3,(H,23,26)/b12-11+. The minimum absolute atomic E-state index is 0.213. The summed E-state index contributed by atoms with van der Waals surface area (Å²) in [6.07, 6.45) is 3.81. The van der Waals surface area contributed by atoms with Gasteiger partial charge in [-0.1, -0.05) is 0 Å². The highest BCUT2D eigenvalue weighted by molar-refractivity contribution is 5.93.